The molecule has 1 amide bonds. The van der Waals surface area contributed by atoms with Crippen molar-refractivity contribution in [2.24, 2.45) is 0 Å². The number of carboxylic acid groups (broad SMARTS) is 1. The van der Waals surface area contributed by atoms with Gasteiger partial charge in [-0.05, 0) is 12.1 Å². The maximum absolute atomic E-state index is 11.1. The third-order valence-electron chi connectivity index (χ3n) is 1.60. The molecule has 0 aromatic carbocycles. The summed E-state index contributed by atoms with van der Waals surface area (Å²) in [5, 5.41) is 13.3. The number of aliphatic carboxylic acids is 1. The lowest BCUT2D eigenvalue weighted by atomic mass is 10.4. The Labute approximate surface area is 86.3 Å². The molecule has 1 aromatic heterocycles. The third kappa shape index (κ3) is 4.82. The molecule has 0 aliphatic rings. The molecule has 0 saturated heterocycles. The van der Waals surface area contributed by atoms with E-state index in [0.29, 0.717) is 12.3 Å². The van der Waals surface area contributed by atoms with Crippen molar-refractivity contribution in [1.29, 1.82) is 0 Å². The Hall–Kier alpha value is -1.82. The van der Waals surface area contributed by atoms with Gasteiger partial charge in [-0.3, -0.25) is 14.9 Å². The van der Waals surface area contributed by atoms with Crippen molar-refractivity contribution < 1.29 is 19.1 Å². The van der Waals surface area contributed by atoms with Gasteiger partial charge >= 0.3 is 5.97 Å². The molecule has 0 unspecified atom stereocenters. The van der Waals surface area contributed by atoms with Gasteiger partial charge in [0.1, 0.15) is 5.76 Å². The lowest BCUT2D eigenvalue weighted by Crippen LogP contribution is -2.35. The van der Waals surface area contributed by atoms with Crippen molar-refractivity contribution in [1.82, 2.24) is 10.6 Å². The smallest absolute Gasteiger partial charge is 0.317 e. The van der Waals surface area contributed by atoms with Crippen molar-refractivity contribution in [2.75, 3.05) is 13.1 Å². The Morgan fingerprint density at radius 2 is 2.20 bits per heavy atom. The molecule has 0 aliphatic heterocycles. The van der Waals surface area contributed by atoms with Gasteiger partial charge in [0.2, 0.25) is 5.91 Å². The molecule has 6 heteroatoms. The molecule has 0 aliphatic carbocycles. The Balaban J connectivity index is 2.11. The molecule has 0 atom stereocenters. The zero-order valence-electron chi connectivity index (χ0n) is 8.03. The van der Waals surface area contributed by atoms with Gasteiger partial charge < -0.3 is 14.8 Å². The predicted molar refractivity (Wildman–Crippen MR) is 51.1 cm³/mol. The standard InChI is InChI=1S/C9H12N2O4/c12-8(5-10-6-9(13)14)11-4-7-2-1-3-15-7/h1-3,10H,4-6H2,(H,11,12)(H,13,14). The van der Waals surface area contributed by atoms with Crippen LogP contribution in [0.2, 0.25) is 0 Å². The summed E-state index contributed by atoms with van der Waals surface area (Å²) in [5.74, 6) is -0.608. The zero-order valence-corrected chi connectivity index (χ0v) is 8.03. The molecule has 3 N–H and O–H groups in total. The molecule has 0 bridgehead atoms. The Morgan fingerprint density at radius 3 is 2.80 bits per heavy atom. The number of carbonyl (C=O) groups excluding carboxylic acids is 1. The van der Waals surface area contributed by atoms with Gasteiger partial charge in [0, 0.05) is 0 Å². The topological polar surface area (TPSA) is 91.6 Å². The van der Waals surface area contributed by atoms with Gasteiger partial charge in [-0.15, -0.1) is 0 Å². The van der Waals surface area contributed by atoms with E-state index in [1.165, 1.54) is 6.26 Å². The minimum atomic E-state index is -0.992. The SMILES string of the molecule is O=C(O)CNCC(=O)NCc1ccco1. The highest BCUT2D eigenvalue weighted by Crippen LogP contribution is 1.97. The molecule has 0 saturated carbocycles. The Morgan fingerprint density at radius 1 is 1.40 bits per heavy atom. The van der Waals surface area contributed by atoms with E-state index in [-0.39, 0.29) is 19.0 Å². The quantitative estimate of drug-likeness (QED) is 0.595. The van der Waals surface area contributed by atoms with Crippen molar-refractivity contribution in [2.45, 2.75) is 6.54 Å². The van der Waals surface area contributed by atoms with Crippen LogP contribution in [-0.4, -0.2) is 30.1 Å². The fourth-order valence-corrected chi connectivity index (χ4v) is 0.944. The highest BCUT2D eigenvalue weighted by Gasteiger charge is 2.03. The van der Waals surface area contributed by atoms with Gasteiger partial charge in [0.05, 0.1) is 25.9 Å². The van der Waals surface area contributed by atoms with E-state index in [2.05, 4.69) is 10.6 Å². The average molecular weight is 212 g/mol. The first kappa shape index (κ1) is 11.3. The van der Waals surface area contributed by atoms with Crippen molar-refractivity contribution >= 4 is 11.9 Å². The number of hydrogen-bond donors (Lipinski definition) is 3. The predicted octanol–water partition coefficient (Wildman–Crippen LogP) is -0.430. The monoisotopic (exact) mass is 212 g/mol. The number of carbonyl (C=O) groups is 2. The summed E-state index contributed by atoms with van der Waals surface area (Å²) in [7, 11) is 0. The second-order valence-electron chi connectivity index (χ2n) is 2.85. The van der Waals surface area contributed by atoms with Crippen LogP contribution in [0.1, 0.15) is 5.76 Å². The Kier molecular flexibility index (Phi) is 4.36. The van der Waals surface area contributed by atoms with Crippen LogP contribution >= 0.6 is 0 Å². The van der Waals surface area contributed by atoms with Gasteiger partial charge in [0.25, 0.3) is 0 Å². The van der Waals surface area contributed by atoms with Crippen LogP contribution < -0.4 is 10.6 Å². The third-order valence-corrected chi connectivity index (χ3v) is 1.60. The number of hydrogen-bond acceptors (Lipinski definition) is 4. The second kappa shape index (κ2) is 5.82. The van der Waals surface area contributed by atoms with Gasteiger partial charge in [-0.25, -0.2) is 0 Å². The van der Waals surface area contributed by atoms with E-state index in [1.807, 2.05) is 0 Å². The molecule has 0 fully saturated rings. The number of carboxylic acids is 1. The molecule has 1 rings (SSSR count). The maximum atomic E-state index is 11.1. The van der Waals surface area contributed by atoms with Crippen LogP contribution in [0.3, 0.4) is 0 Å². The van der Waals surface area contributed by atoms with E-state index in [1.54, 1.807) is 12.1 Å². The van der Waals surface area contributed by atoms with Gasteiger partial charge in [-0.2, -0.15) is 0 Å². The van der Waals surface area contributed by atoms with E-state index in [9.17, 15) is 9.59 Å². The number of furan rings is 1. The van der Waals surface area contributed by atoms with Crippen LogP contribution in [0.4, 0.5) is 0 Å². The highest BCUT2D eigenvalue weighted by molar-refractivity contribution is 5.78. The number of amides is 1. The van der Waals surface area contributed by atoms with Crippen LogP contribution in [0.5, 0.6) is 0 Å². The summed E-state index contributed by atoms with van der Waals surface area (Å²) in [6.07, 6.45) is 1.52. The maximum Gasteiger partial charge on any atom is 0.317 e. The molecule has 0 spiro atoms. The lowest BCUT2D eigenvalue weighted by molar-refractivity contribution is -0.136. The fraction of sp³-hybridized carbons (Fsp3) is 0.333. The van der Waals surface area contributed by atoms with Crippen molar-refractivity contribution in [3.8, 4) is 0 Å². The van der Waals surface area contributed by atoms with E-state index in [0.717, 1.165) is 0 Å². The minimum Gasteiger partial charge on any atom is -0.480 e. The van der Waals surface area contributed by atoms with Gasteiger partial charge in [0.15, 0.2) is 0 Å². The van der Waals surface area contributed by atoms with Crippen LogP contribution in [0.15, 0.2) is 22.8 Å². The molecule has 82 valence electrons. The van der Waals surface area contributed by atoms with Crippen LogP contribution in [0.25, 0.3) is 0 Å². The molecular formula is C9H12N2O4. The molecule has 0 radical (unpaired) electrons. The summed E-state index contributed by atoms with van der Waals surface area (Å²) < 4.78 is 5.00. The highest BCUT2D eigenvalue weighted by atomic mass is 16.4. The average Bonchev–Trinajstić information content (AvgIpc) is 2.66. The second-order valence-corrected chi connectivity index (χ2v) is 2.85. The molecule has 6 nitrogen and oxygen atoms in total. The van der Waals surface area contributed by atoms with Gasteiger partial charge in [-0.1, -0.05) is 0 Å². The van der Waals surface area contributed by atoms with E-state index in [4.69, 9.17) is 9.52 Å². The normalized spacial score (nSPS) is 9.87. The summed E-state index contributed by atoms with van der Waals surface area (Å²) in [5.41, 5.74) is 0. The molecule has 15 heavy (non-hydrogen) atoms. The minimum absolute atomic E-state index is 0.0208. The molecule has 1 aromatic rings. The molecule has 1 heterocycles. The summed E-state index contributed by atoms with van der Waals surface area (Å²) in [4.78, 5) is 21.2. The number of nitrogens with one attached hydrogen (secondary N) is 2. The Bertz CT molecular complexity index is 321. The largest absolute Gasteiger partial charge is 0.480 e. The summed E-state index contributed by atoms with van der Waals surface area (Å²) >= 11 is 0. The van der Waals surface area contributed by atoms with E-state index >= 15 is 0 Å². The van der Waals surface area contributed by atoms with Crippen LogP contribution in [-0.2, 0) is 16.1 Å². The first-order valence-corrected chi connectivity index (χ1v) is 4.40. The van der Waals surface area contributed by atoms with Crippen molar-refractivity contribution in [3.63, 3.8) is 0 Å². The summed E-state index contributed by atoms with van der Waals surface area (Å²) in [6, 6.07) is 3.47. The fourth-order valence-electron chi connectivity index (χ4n) is 0.944. The van der Waals surface area contributed by atoms with E-state index < -0.39 is 5.97 Å². The first-order valence-electron chi connectivity index (χ1n) is 4.40. The number of rotatable bonds is 6. The zero-order chi connectivity index (χ0) is 11.1. The molecular weight excluding hydrogens is 200 g/mol. The summed E-state index contributed by atoms with van der Waals surface area (Å²) in [6.45, 7) is 0.0573. The van der Waals surface area contributed by atoms with Crippen molar-refractivity contribution in [3.05, 3.63) is 24.2 Å². The first-order chi connectivity index (χ1) is 7.18. The van der Waals surface area contributed by atoms with Crippen LogP contribution in [0, 0.1) is 0 Å². The lowest BCUT2D eigenvalue weighted by Gasteiger charge is -2.03.